The number of alkyl carbamates (subject to hydrolysis) is 2. The molecular weight excluding hydrogens is 897 g/mol. The third-order valence-corrected chi connectivity index (χ3v) is 8.39. The number of rotatable bonds is 5. The van der Waals surface area contributed by atoms with Crippen LogP contribution in [0, 0.1) is 32.5 Å². The van der Waals surface area contributed by atoms with Crippen LogP contribution in [0.25, 0.3) is 0 Å². The highest BCUT2D eigenvalue weighted by atomic mass is 32.2. The summed E-state index contributed by atoms with van der Waals surface area (Å²) >= 11 is 3.20. The quantitative estimate of drug-likeness (QED) is 0.115. The molecule has 0 fully saturated rings. The van der Waals surface area contributed by atoms with Crippen molar-refractivity contribution in [3.8, 4) is 0 Å². The van der Waals surface area contributed by atoms with Gasteiger partial charge in [-0.3, -0.25) is 19.2 Å². The summed E-state index contributed by atoms with van der Waals surface area (Å²) in [5, 5.41) is 10.8. The fourth-order valence-corrected chi connectivity index (χ4v) is 4.58. The lowest BCUT2D eigenvalue weighted by Crippen LogP contribution is -2.40. The van der Waals surface area contributed by atoms with Gasteiger partial charge in [0.2, 0.25) is 11.8 Å². The topological polar surface area (TPSA) is 197 Å². The Balaban J connectivity index is -0.0000000994. The Hall–Kier alpha value is -2.76. The van der Waals surface area contributed by atoms with Crippen molar-refractivity contribution in [1.29, 1.82) is 0 Å². The second-order valence-electron chi connectivity index (χ2n) is 23.5. The number of hydrogen-bond donors (Lipinski definition) is 4. The van der Waals surface area contributed by atoms with Gasteiger partial charge in [-0.25, -0.2) is 9.59 Å². The molecule has 17 heteroatoms. The third-order valence-electron chi connectivity index (χ3n) is 6.26. The first-order chi connectivity index (χ1) is 29.5. The van der Waals surface area contributed by atoms with Crippen LogP contribution < -0.4 is 21.3 Å². The summed E-state index contributed by atoms with van der Waals surface area (Å²) in [5.74, 6) is 1.23. The molecule has 0 aromatic rings. The number of nitrogens with one attached hydrogen (secondary N) is 4. The molecule has 4 N–H and O–H groups in total. The van der Waals surface area contributed by atoms with E-state index in [4.69, 9.17) is 9.47 Å². The van der Waals surface area contributed by atoms with Crippen LogP contribution in [-0.4, -0.2) is 127 Å². The Morgan fingerprint density at radius 2 is 0.821 bits per heavy atom. The van der Waals surface area contributed by atoms with E-state index in [1.165, 1.54) is 38.8 Å². The van der Waals surface area contributed by atoms with Crippen LogP contribution in [0.2, 0.25) is 0 Å². The lowest BCUT2D eigenvalue weighted by Gasteiger charge is -2.18. The molecule has 15 nitrogen and oxygen atoms in total. The lowest BCUT2D eigenvalue weighted by molar-refractivity contribution is -0.149. The van der Waals surface area contributed by atoms with Crippen molar-refractivity contribution in [2.45, 2.75) is 177 Å². The summed E-state index contributed by atoms with van der Waals surface area (Å²) in [6.07, 6.45) is 3.18. The minimum Gasteiger partial charge on any atom is -0.469 e. The van der Waals surface area contributed by atoms with E-state index in [0.29, 0.717) is 24.0 Å². The van der Waals surface area contributed by atoms with Crippen LogP contribution in [0.4, 0.5) is 9.59 Å². The Morgan fingerprint density at radius 3 is 0.896 bits per heavy atom. The molecule has 0 atom stereocenters. The van der Waals surface area contributed by atoms with Crippen molar-refractivity contribution in [2.75, 3.05) is 80.6 Å². The normalized spacial score (nSPS) is 11.2. The number of hydrogen-bond acceptors (Lipinski definition) is 13. The molecule has 0 radical (unpaired) electrons. The van der Waals surface area contributed by atoms with Crippen LogP contribution in [0.5, 0.6) is 0 Å². The molecule has 0 saturated carbocycles. The molecule has 0 aliphatic carbocycles. The zero-order chi connectivity index (χ0) is 56.1. The number of thioether (sulfide) groups is 2. The van der Waals surface area contributed by atoms with Gasteiger partial charge in [0.1, 0.15) is 0 Å². The minimum absolute atomic E-state index is 0.0644. The summed E-state index contributed by atoms with van der Waals surface area (Å²) in [6.45, 7) is 49.1. The molecular formula is C50H108N4O11S2. The van der Waals surface area contributed by atoms with Gasteiger partial charge in [-0.2, -0.15) is 11.8 Å². The van der Waals surface area contributed by atoms with Gasteiger partial charge >= 0.3 is 18.2 Å². The highest BCUT2D eigenvalue weighted by molar-refractivity contribution is 8.13. The van der Waals surface area contributed by atoms with Crippen LogP contribution in [-0.2, 0) is 42.9 Å². The molecule has 406 valence electrons. The summed E-state index contributed by atoms with van der Waals surface area (Å²) in [5.41, 5.74) is -0.620. The van der Waals surface area contributed by atoms with E-state index >= 15 is 0 Å². The van der Waals surface area contributed by atoms with Crippen LogP contribution in [0.3, 0.4) is 0 Å². The second-order valence-corrected chi connectivity index (χ2v) is 25.2. The van der Waals surface area contributed by atoms with E-state index in [1.54, 1.807) is 21.3 Å². The van der Waals surface area contributed by atoms with Crippen molar-refractivity contribution in [1.82, 2.24) is 21.3 Å². The van der Waals surface area contributed by atoms with Crippen LogP contribution in [0.15, 0.2) is 0 Å². The Bertz CT molecular complexity index is 1180. The van der Waals surface area contributed by atoms with E-state index in [1.807, 2.05) is 143 Å². The maximum atomic E-state index is 11.2. The molecule has 0 aliphatic heterocycles. The van der Waals surface area contributed by atoms with E-state index in [2.05, 4.69) is 83.3 Å². The van der Waals surface area contributed by atoms with E-state index in [0.717, 1.165) is 6.61 Å². The van der Waals surface area contributed by atoms with Crippen LogP contribution in [0.1, 0.15) is 166 Å². The first-order valence-electron chi connectivity index (χ1n) is 22.3. The van der Waals surface area contributed by atoms with Gasteiger partial charge in [-0.15, -0.1) is 0 Å². The molecule has 0 aromatic carbocycles. The standard InChI is InChI=1S/C8H17NO2.2C6H13NO2.C6H13NO.C6H12O2.C6H12OS.C6H14O.C6H14S/c1-8(2,3)7(10)9-5-6-11-4;2*1-6(2,3)7-5(8)9-4;1-6(2,3)5(8)7-4;2*1-6(2,3)5(7)8-4;2*1-6(2,3)5-7-4/h5-6H2,1-4H3,(H,9,10);2*1-4H3,(H,7,8);1-4H3,(H,7,8);2*1-4H3;2*5H2,1-4H3. The van der Waals surface area contributed by atoms with Crippen molar-refractivity contribution >= 4 is 58.6 Å². The van der Waals surface area contributed by atoms with E-state index < -0.39 is 0 Å². The van der Waals surface area contributed by atoms with Gasteiger partial charge in [0.15, 0.2) is 5.12 Å². The van der Waals surface area contributed by atoms with Crippen molar-refractivity contribution < 1.29 is 52.5 Å². The van der Waals surface area contributed by atoms with Gasteiger partial charge < -0.3 is 45.0 Å². The van der Waals surface area contributed by atoms with Crippen molar-refractivity contribution in [2.24, 2.45) is 32.5 Å². The molecule has 0 unspecified atom stereocenters. The molecule has 0 saturated heterocycles. The van der Waals surface area contributed by atoms with Crippen molar-refractivity contribution in [3.05, 3.63) is 0 Å². The van der Waals surface area contributed by atoms with E-state index in [-0.39, 0.29) is 67.8 Å². The molecule has 0 bridgehead atoms. The van der Waals surface area contributed by atoms with Gasteiger partial charge in [0.05, 0.1) is 40.0 Å². The predicted octanol–water partition coefficient (Wildman–Crippen LogP) is 11.1. The molecule has 0 aliphatic rings. The minimum atomic E-state index is -0.387. The Morgan fingerprint density at radius 1 is 0.463 bits per heavy atom. The van der Waals surface area contributed by atoms with Gasteiger partial charge in [-0.1, -0.05) is 116 Å². The van der Waals surface area contributed by atoms with Crippen LogP contribution >= 0.6 is 23.5 Å². The number of carbonyl (C=O) groups excluding carboxylic acids is 6. The Labute approximate surface area is 421 Å². The maximum absolute atomic E-state index is 11.2. The number of carbonyl (C=O) groups is 6. The Kier molecular flexibility index (Phi) is 48.5. The van der Waals surface area contributed by atoms with Crippen molar-refractivity contribution in [3.63, 3.8) is 0 Å². The largest absolute Gasteiger partial charge is 0.469 e. The first-order valence-corrected chi connectivity index (χ1v) is 24.9. The highest BCUT2D eigenvalue weighted by Crippen LogP contribution is 2.20. The smallest absolute Gasteiger partial charge is 0.407 e. The second kappa shape index (κ2) is 40.0. The maximum Gasteiger partial charge on any atom is 0.407 e. The number of ether oxygens (including phenoxy) is 5. The van der Waals surface area contributed by atoms with Gasteiger partial charge in [0, 0.05) is 55.1 Å². The van der Waals surface area contributed by atoms with Gasteiger partial charge in [-0.05, 0) is 91.4 Å². The zero-order valence-electron chi connectivity index (χ0n) is 49.1. The number of methoxy groups -OCH3 is 5. The predicted molar refractivity (Wildman–Crippen MR) is 287 cm³/mol. The monoisotopic (exact) mass is 1000 g/mol. The summed E-state index contributed by atoms with van der Waals surface area (Å²) in [7, 11) is 9.08. The SMILES string of the molecule is CNC(=O)C(C)(C)C.COC(=O)C(C)(C)C.COC(=O)NC(C)(C)C.COC(=O)NC(C)(C)C.COCC(C)(C)C.COCCNC(=O)C(C)(C)C.CSC(=O)C(C)(C)C.CSCC(C)(C)C. The molecule has 0 rings (SSSR count). The third kappa shape index (κ3) is 80.6. The number of esters is 1. The zero-order valence-corrected chi connectivity index (χ0v) is 50.8. The molecule has 0 heterocycles. The number of amides is 4. The molecule has 4 amide bonds. The average Bonchev–Trinajstić information content (AvgIpc) is 3.11. The highest BCUT2D eigenvalue weighted by Gasteiger charge is 2.22. The molecule has 67 heavy (non-hydrogen) atoms. The molecule has 0 aromatic heterocycles. The lowest BCUT2D eigenvalue weighted by atomic mass is 9.96. The fraction of sp³-hybridized carbons (Fsp3) is 0.880. The molecule has 0 spiro atoms. The summed E-state index contributed by atoms with van der Waals surface area (Å²) in [6, 6.07) is 0. The average molecular weight is 1010 g/mol. The first kappa shape index (κ1) is 81.2. The summed E-state index contributed by atoms with van der Waals surface area (Å²) < 4.78 is 22.9. The van der Waals surface area contributed by atoms with Gasteiger partial charge in [0.25, 0.3) is 0 Å². The van der Waals surface area contributed by atoms with E-state index in [9.17, 15) is 28.8 Å². The summed E-state index contributed by atoms with van der Waals surface area (Å²) in [4.78, 5) is 64.3. The fourth-order valence-electron chi connectivity index (χ4n) is 3.10.